The third-order valence-corrected chi connectivity index (χ3v) is 1.54. The number of halogens is 1. The summed E-state index contributed by atoms with van der Waals surface area (Å²) in [5, 5.41) is 2.85. The highest BCUT2D eigenvalue weighted by molar-refractivity contribution is 6.17. The van der Waals surface area contributed by atoms with Gasteiger partial charge in [-0.1, -0.05) is 25.4 Å². The second-order valence-corrected chi connectivity index (χ2v) is 2.80. The molecule has 0 aromatic carbocycles. The molecule has 66 valence electrons. The summed E-state index contributed by atoms with van der Waals surface area (Å²) in [6.45, 7) is 3.88. The number of nitrogens with one attached hydrogen (secondary N) is 1. The molecular formula is C7H14ClNO2. The van der Waals surface area contributed by atoms with Crippen LogP contribution in [0.25, 0.3) is 0 Å². The molecule has 1 atom stereocenters. The molecule has 1 unspecified atom stereocenters. The zero-order chi connectivity index (χ0) is 8.85. The summed E-state index contributed by atoms with van der Waals surface area (Å²) < 4.78 is 4.62. The van der Waals surface area contributed by atoms with Crippen LogP contribution in [0.3, 0.4) is 0 Å². The lowest BCUT2D eigenvalue weighted by Crippen LogP contribution is -2.39. The summed E-state index contributed by atoms with van der Waals surface area (Å²) in [5.41, 5.74) is 0. The molecule has 0 amide bonds. The number of likely N-dealkylation sites (N-methyl/N-ethyl adjacent to an activating group) is 1. The minimum absolute atomic E-state index is 0.0796. The van der Waals surface area contributed by atoms with E-state index < -0.39 is 0 Å². The Morgan fingerprint density at radius 3 is 2.45 bits per heavy atom. The summed E-state index contributed by atoms with van der Waals surface area (Å²) in [4.78, 5) is 11.0. The van der Waals surface area contributed by atoms with E-state index in [1.807, 2.05) is 13.8 Å². The predicted molar refractivity (Wildman–Crippen MR) is 44.5 cm³/mol. The molecule has 0 aromatic heterocycles. The van der Waals surface area contributed by atoms with Crippen LogP contribution < -0.4 is 5.32 Å². The van der Waals surface area contributed by atoms with Gasteiger partial charge in [-0.3, -0.25) is 4.79 Å². The molecule has 0 bridgehead atoms. The van der Waals surface area contributed by atoms with Gasteiger partial charge in [0.05, 0.1) is 0 Å². The maximum absolute atomic E-state index is 11.0. The quantitative estimate of drug-likeness (QED) is 0.516. The second-order valence-electron chi connectivity index (χ2n) is 2.58. The Morgan fingerprint density at radius 1 is 1.64 bits per heavy atom. The van der Waals surface area contributed by atoms with Crippen molar-refractivity contribution in [3.8, 4) is 0 Å². The SMILES string of the molecule is CNC(C(=O)OCCl)C(C)C. The van der Waals surface area contributed by atoms with Crippen molar-refractivity contribution >= 4 is 17.6 Å². The van der Waals surface area contributed by atoms with Crippen LogP contribution in [0.1, 0.15) is 13.8 Å². The van der Waals surface area contributed by atoms with Crippen molar-refractivity contribution in [3.63, 3.8) is 0 Å². The zero-order valence-corrected chi connectivity index (χ0v) is 7.81. The molecule has 0 heterocycles. The number of esters is 1. The molecule has 0 aliphatic rings. The second kappa shape index (κ2) is 5.38. The summed E-state index contributed by atoms with van der Waals surface area (Å²) >= 11 is 5.23. The van der Waals surface area contributed by atoms with Gasteiger partial charge in [0, 0.05) is 0 Å². The first-order valence-corrected chi connectivity index (χ1v) is 4.06. The van der Waals surface area contributed by atoms with Crippen LogP contribution in [0.15, 0.2) is 0 Å². The Kier molecular flexibility index (Phi) is 5.24. The fourth-order valence-electron chi connectivity index (χ4n) is 0.867. The highest BCUT2D eigenvalue weighted by Gasteiger charge is 2.20. The monoisotopic (exact) mass is 179 g/mol. The number of carbonyl (C=O) groups is 1. The van der Waals surface area contributed by atoms with E-state index in [4.69, 9.17) is 11.6 Å². The third-order valence-electron chi connectivity index (χ3n) is 1.43. The van der Waals surface area contributed by atoms with Crippen molar-refractivity contribution in [2.45, 2.75) is 19.9 Å². The van der Waals surface area contributed by atoms with Crippen molar-refractivity contribution in [2.24, 2.45) is 5.92 Å². The minimum Gasteiger partial charge on any atom is -0.448 e. The number of alkyl halides is 1. The normalized spacial score (nSPS) is 13.2. The first kappa shape index (κ1) is 10.7. The lowest BCUT2D eigenvalue weighted by molar-refractivity contribution is -0.145. The smallest absolute Gasteiger partial charge is 0.324 e. The molecule has 1 N–H and O–H groups in total. The molecule has 0 radical (unpaired) electrons. The molecule has 0 saturated carbocycles. The fraction of sp³-hybridized carbons (Fsp3) is 0.857. The maximum Gasteiger partial charge on any atom is 0.324 e. The summed E-state index contributed by atoms with van der Waals surface area (Å²) in [6.07, 6.45) is 0. The van der Waals surface area contributed by atoms with Crippen LogP contribution in [0.5, 0.6) is 0 Å². The van der Waals surface area contributed by atoms with Crippen LogP contribution >= 0.6 is 11.6 Å². The summed E-state index contributed by atoms with van der Waals surface area (Å²) in [5.74, 6) is -0.0757. The first-order valence-electron chi connectivity index (χ1n) is 3.53. The van der Waals surface area contributed by atoms with Gasteiger partial charge in [-0.05, 0) is 13.0 Å². The lowest BCUT2D eigenvalue weighted by Gasteiger charge is -2.17. The Morgan fingerprint density at radius 2 is 2.18 bits per heavy atom. The van der Waals surface area contributed by atoms with Gasteiger partial charge in [-0.15, -0.1) is 0 Å². The van der Waals surface area contributed by atoms with E-state index in [0.29, 0.717) is 0 Å². The number of carbonyl (C=O) groups excluding carboxylic acids is 1. The molecule has 0 fully saturated rings. The Balaban J connectivity index is 3.92. The molecule has 0 rings (SSSR count). The van der Waals surface area contributed by atoms with Crippen molar-refractivity contribution < 1.29 is 9.53 Å². The van der Waals surface area contributed by atoms with Crippen LogP contribution in [0.2, 0.25) is 0 Å². The fourth-order valence-corrected chi connectivity index (χ4v) is 0.974. The average molecular weight is 180 g/mol. The molecular weight excluding hydrogens is 166 g/mol. The highest BCUT2D eigenvalue weighted by Crippen LogP contribution is 2.03. The van der Waals surface area contributed by atoms with Gasteiger partial charge in [0.15, 0.2) is 6.07 Å². The number of hydrogen-bond donors (Lipinski definition) is 1. The molecule has 0 aromatic rings. The van der Waals surface area contributed by atoms with Crippen molar-refractivity contribution in [3.05, 3.63) is 0 Å². The Labute approximate surface area is 72.1 Å². The topological polar surface area (TPSA) is 38.3 Å². The maximum atomic E-state index is 11.0. The molecule has 0 aliphatic heterocycles. The van der Waals surface area contributed by atoms with Gasteiger partial charge >= 0.3 is 5.97 Å². The van der Waals surface area contributed by atoms with Crippen molar-refractivity contribution in [1.29, 1.82) is 0 Å². The van der Waals surface area contributed by atoms with Crippen molar-refractivity contribution in [2.75, 3.05) is 13.1 Å². The number of rotatable bonds is 4. The van der Waals surface area contributed by atoms with Crippen molar-refractivity contribution in [1.82, 2.24) is 5.32 Å². The first-order chi connectivity index (χ1) is 5.13. The van der Waals surface area contributed by atoms with E-state index in [1.165, 1.54) is 0 Å². The van der Waals surface area contributed by atoms with E-state index in [9.17, 15) is 4.79 Å². The molecule has 3 nitrogen and oxygen atoms in total. The molecule has 0 saturated heterocycles. The molecule has 11 heavy (non-hydrogen) atoms. The number of ether oxygens (including phenoxy) is 1. The highest BCUT2D eigenvalue weighted by atomic mass is 35.5. The third kappa shape index (κ3) is 3.58. The van der Waals surface area contributed by atoms with Gasteiger partial charge in [-0.2, -0.15) is 0 Å². The van der Waals surface area contributed by atoms with Gasteiger partial charge in [0.2, 0.25) is 0 Å². The van der Waals surface area contributed by atoms with E-state index >= 15 is 0 Å². The van der Waals surface area contributed by atoms with Crippen LogP contribution in [0.4, 0.5) is 0 Å². The molecule has 4 heteroatoms. The summed E-state index contributed by atoms with van der Waals surface area (Å²) in [6, 6.07) is -0.335. The van der Waals surface area contributed by atoms with Gasteiger partial charge in [0.25, 0.3) is 0 Å². The standard InChI is InChI=1S/C7H14ClNO2/c1-5(2)6(9-3)7(10)11-4-8/h5-6,9H,4H2,1-3H3. The van der Waals surface area contributed by atoms with Gasteiger partial charge in [0.1, 0.15) is 6.04 Å². The van der Waals surface area contributed by atoms with Gasteiger partial charge in [-0.25, -0.2) is 0 Å². The van der Waals surface area contributed by atoms with Crippen LogP contribution in [-0.2, 0) is 9.53 Å². The van der Waals surface area contributed by atoms with E-state index in [-0.39, 0.29) is 24.0 Å². The van der Waals surface area contributed by atoms with E-state index in [0.717, 1.165) is 0 Å². The van der Waals surface area contributed by atoms with E-state index in [2.05, 4.69) is 10.1 Å². The number of hydrogen-bond acceptors (Lipinski definition) is 3. The predicted octanol–water partition coefficient (Wildman–Crippen LogP) is 0.970. The van der Waals surface area contributed by atoms with Gasteiger partial charge < -0.3 is 10.1 Å². The minimum atomic E-state index is -0.294. The molecule has 0 aliphatic carbocycles. The Hall–Kier alpha value is -0.280. The van der Waals surface area contributed by atoms with Crippen LogP contribution in [-0.4, -0.2) is 25.1 Å². The van der Waals surface area contributed by atoms with Crippen LogP contribution in [0, 0.1) is 5.92 Å². The lowest BCUT2D eigenvalue weighted by atomic mass is 10.1. The summed E-state index contributed by atoms with van der Waals surface area (Å²) in [7, 11) is 1.72. The average Bonchev–Trinajstić information content (AvgIpc) is 1.88. The molecule has 0 spiro atoms. The zero-order valence-electron chi connectivity index (χ0n) is 7.06. The largest absolute Gasteiger partial charge is 0.448 e. The van der Waals surface area contributed by atoms with E-state index in [1.54, 1.807) is 7.05 Å². The Bertz CT molecular complexity index is 128.